The Morgan fingerprint density at radius 2 is 2.05 bits per heavy atom. The van der Waals surface area contributed by atoms with Gasteiger partial charge in [0.25, 0.3) is 5.91 Å². The highest BCUT2D eigenvalue weighted by atomic mass is 32.1. The molecule has 0 radical (unpaired) electrons. The number of hydrogen-bond donors (Lipinski definition) is 3. The van der Waals surface area contributed by atoms with Gasteiger partial charge in [-0.1, -0.05) is 6.07 Å². The molecule has 5 nitrogen and oxygen atoms in total. The monoisotopic (exact) mass is 320 g/mol. The third-order valence-corrected chi connectivity index (χ3v) is 2.97. The maximum absolute atomic E-state index is 13.1. The zero-order valence-corrected chi connectivity index (χ0v) is 12.4. The molecule has 0 aliphatic heterocycles. The van der Waals surface area contributed by atoms with Gasteiger partial charge in [-0.2, -0.15) is 0 Å². The van der Waals surface area contributed by atoms with Gasteiger partial charge in [0.05, 0.1) is 12.8 Å². The van der Waals surface area contributed by atoms with E-state index >= 15 is 0 Å². The van der Waals surface area contributed by atoms with Gasteiger partial charge in [0, 0.05) is 11.6 Å². The summed E-state index contributed by atoms with van der Waals surface area (Å²) in [6.07, 6.45) is 0. The number of benzene rings is 2. The number of phenols is 1. The van der Waals surface area contributed by atoms with Crippen LogP contribution in [0, 0.1) is 5.82 Å². The lowest BCUT2D eigenvalue weighted by Crippen LogP contribution is -2.34. The average Bonchev–Trinajstić information content (AvgIpc) is 2.49. The second-order valence-corrected chi connectivity index (χ2v) is 4.71. The summed E-state index contributed by atoms with van der Waals surface area (Å²) in [6.45, 7) is 0. The van der Waals surface area contributed by atoms with Crippen LogP contribution in [0.3, 0.4) is 0 Å². The van der Waals surface area contributed by atoms with Crippen LogP contribution in [0.4, 0.5) is 10.1 Å². The molecule has 22 heavy (non-hydrogen) atoms. The Morgan fingerprint density at radius 3 is 2.73 bits per heavy atom. The molecule has 0 unspecified atom stereocenters. The molecule has 0 fully saturated rings. The highest BCUT2D eigenvalue weighted by Gasteiger charge is 2.10. The van der Waals surface area contributed by atoms with Crippen molar-refractivity contribution in [2.24, 2.45) is 0 Å². The summed E-state index contributed by atoms with van der Waals surface area (Å²) in [5.74, 6) is -0.612. The van der Waals surface area contributed by atoms with E-state index in [1.54, 1.807) is 6.07 Å². The number of hydrogen-bond acceptors (Lipinski definition) is 4. The average molecular weight is 320 g/mol. The Morgan fingerprint density at radius 1 is 1.27 bits per heavy atom. The molecule has 2 aromatic carbocycles. The zero-order chi connectivity index (χ0) is 16.1. The molecule has 2 aromatic rings. The number of phenolic OH excluding ortho intramolecular Hbond substituents is 1. The molecule has 0 aliphatic rings. The Balaban J connectivity index is 2.05. The standard InChI is InChI=1S/C15H13FN2O3S/c1-21-11-5-6-13(19)12(8-11)17-15(22)18-14(20)9-3-2-4-10(16)7-9/h2-8,19H,1H3,(H2,17,18,20,22). The first kappa shape index (κ1) is 15.7. The fourth-order valence-electron chi connectivity index (χ4n) is 1.70. The van der Waals surface area contributed by atoms with Gasteiger partial charge >= 0.3 is 0 Å². The van der Waals surface area contributed by atoms with E-state index in [0.29, 0.717) is 5.75 Å². The smallest absolute Gasteiger partial charge is 0.257 e. The molecule has 0 spiro atoms. The van der Waals surface area contributed by atoms with Gasteiger partial charge in [-0.3, -0.25) is 10.1 Å². The number of aromatic hydroxyl groups is 1. The number of thiocarbonyl (C=S) groups is 1. The fraction of sp³-hybridized carbons (Fsp3) is 0.0667. The first-order chi connectivity index (χ1) is 10.5. The summed E-state index contributed by atoms with van der Waals surface area (Å²) in [5.41, 5.74) is 0.419. The van der Waals surface area contributed by atoms with Crippen molar-refractivity contribution in [3.8, 4) is 11.5 Å². The summed E-state index contributed by atoms with van der Waals surface area (Å²) >= 11 is 5.00. The van der Waals surface area contributed by atoms with Crippen molar-refractivity contribution in [3.05, 3.63) is 53.8 Å². The van der Waals surface area contributed by atoms with Crippen LogP contribution in [0.25, 0.3) is 0 Å². The van der Waals surface area contributed by atoms with Gasteiger partial charge in [-0.15, -0.1) is 0 Å². The van der Waals surface area contributed by atoms with Crippen molar-refractivity contribution < 1.29 is 19.0 Å². The minimum atomic E-state index is -0.556. The maximum atomic E-state index is 13.1. The van der Waals surface area contributed by atoms with Gasteiger partial charge in [0.15, 0.2) is 5.11 Å². The summed E-state index contributed by atoms with van der Waals surface area (Å²) < 4.78 is 18.1. The molecule has 3 N–H and O–H groups in total. The number of carbonyl (C=O) groups is 1. The highest BCUT2D eigenvalue weighted by molar-refractivity contribution is 7.80. The number of ether oxygens (including phenoxy) is 1. The second kappa shape index (κ2) is 6.86. The molecule has 1 amide bonds. The number of halogens is 1. The molecular formula is C15H13FN2O3S. The van der Waals surface area contributed by atoms with Crippen molar-refractivity contribution in [2.45, 2.75) is 0 Å². The first-order valence-electron chi connectivity index (χ1n) is 6.24. The van der Waals surface area contributed by atoms with E-state index in [1.807, 2.05) is 0 Å². The topological polar surface area (TPSA) is 70.6 Å². The third-order valence-electron chi connectivity index (χ3n) is 2.77. The van der Waals surface area contributed by atoms with Gasteiger partial charge in [-0.05, 0) is 42.5 Å². The van der Waals surface area contributed by atoms with E-state index in [0.717, 1.165) is 6.07 Å². The van der Waals surface area contributed by atoms with E-state index in [-0.39, 0.29) is 22.1 Å². The van der Waals surface area contributed by atoms with Crippen LogP contribution in [0.15, 0.2) is 42.5 Å². The van der Waals surface area contributed by atoms with Crippen LogP contribution >= 0.6 is 12.2 Å². The Kier molecular flexibility index (Phi) is 4.90. The van der Waals surface area contributed by atoms with Crippen LogP contribution in [0.5, 0.6) is 11.5 Å². The van der Waals surface area contributed by atoms with E-state index < -0.39 is 11.7 Å². The lowest BCUT2D eigenvalue weighted by Gasteiger charge is -2.12. The van der Waals surface area contributed by atoms with Crippen molar-refractivity contribution in [1.82, 2.24) is 5.32 Å². The third kappa shape index (κ3) is 3.92. The molecule has 114 valence electrons. The summed E-state index contributed by atoms with van der Waals surface area (Å²) in [7, 11) is 1.49. The highest BCUT2D eigenvalue weighted by Crippen LogP contribution is 2.27. The minimum Gasteiger partial charge on any atom is -0.506 e. The summed E-state index contributed by atoms with van der Waals surface area (Å²) in [6, 6.07) is 9.75. The maximum Gasteiger partial charge on any atom is 0.257 e. The Hall–Kier alpha value is -2.67. The Labute approximate surface area is 131 Å². The predicted octanol–water partition coefficient (Wildman–Crippen LogP) is 2.67. The van der Waals surface area contributed by atoms with Gasteiger partial charge in [0.2, 0.25) is 0 Å². The Bertz CT molecular complexity index is 722. The molecule has 0 aliphatic carbocycles. The lowest BCUT2D eigenvalue weighted by molar-refractivity contribution is 0.0977. The summed E-state index contributed by atoms with van der Waals surface area (Å²) in [5, 5.41) is 14.8. The lowest BCUT2D eigenvalue weighted by atomic mass is 10.2. The molecule has 0 heterocycles. The van der Waals surface area contributed by atoms with Crippen molar-refractivity contribution in [2.75, 3.05) is 12.4 Å². The molecule has 0 saturated carbocycles. The molecular weight excluding hydrogens is 307 g/mol. The summed E-state index contributed by atoms with van der Waals surface area (Å²) in [4.78, 5) is 11.9. The quantitative estimate of drug-likeness (QED) is 0.599. The van der Waals surface area contributed by atoms with Crippen molar-refractivity contribution in [1.29, 1.82) is 0 Å². The van der Waals surface area contributed by atoms with E-state index in [1.165, 1.54) is 37.4 Å². The molecule has 2 rings (SSSR count). The second-order valence-electron chi connectivity index (χ2n) is 4.30. The molecule has 0 aromatic heterocycles. The number of rotatable bonds is 3. The van der Waals surface area contributed by atoms with Crippen LogP contribution in [-0.2, 0) is 0 Å². The number of carbonyl (C=O) groups excluding carboxylic acids is 1. The van der Waals surface area contributed by atoms with Crippen LogP contribution in [0.2, 0.25) is 0 Å². The fourth-order valence-corrected chi connectivity index (χ4v) is 1.90. The van der Waals surface area contributed by atoms with E-state index in [2.05, 4.69) is 10.6 Å². The van der Waals surface area contributed by atoms with Crippen molar-refractivity contribution in [3.63, 3.8) is 0 Å². The molecule has 7 heteroatoms. The molecule has 0 saturated heterocycles. The van der Waals surface area contributed by atoms with E-state index in [4.69, 9.17) is 17.0 Å². The van der Waals surface area contributed by atoms with Gasteiger partial charge in [0.1, 0.15) is 17.3 Å². The van der Waals surface area contributed by atoms with Crippen LogP contribution < -0.4 is 15.4 Å². The number of nitrogens with one attached hydrogen (secondary N) is 2. The number of amides is 1. The number of anilines is 1. The normalized spacial score (nSPS) is 9.91. The van der Waals surface area contributed by atoms with Gasteiger partial charge < -0.3 is 15.2 Å². The van der Waals surface area contributed by atoms with Crippen LogP contribution in [-0.4, -0.2) is 23.2 Å². The SMILES string of the molecule is COc1ccc(O)c(NC(=S)NC(=O)c2cccc(F)c2)c1. The van der Waals surface area contributed by atoms with Gasteiger partial charge in [-0.25, -0.2) is 4.39 Å². The minimum absolute atomic E-state index is 0.0298. The molecule has 0 bridgehead atoms. The van der Waals surface area contributed by atoms with Crippen LogP contribution in [0.1, 0.15) is 10.4 Å². The zero-order valence-electron chi connectivity index (χ0n) is 11.6. The predicted molar refractivity (Wildman–Crippen MR) is 84.7 cm³/mol. The van der Waals surface area contributed by atoms with E-state index in [9.17, 15) is 14.3 Å². The van der Waals surface area contributed by atoms with Crippen molar-refractivity contribution >= 4 is 28.9 Å². The first-order valence-corrected chi connectivity index (χ1v) is 6.65. The largest absolute Gasteiger partial charge is 0.506 e. The molecule has 0 atom stereocenters. The number of methoxy groups -OCH3 is 1.